The molecular weight excluding hydrogens is 234 g/mol. The van der Waals surface area contributed by atoms with Gasteiger partial charge in [-0.1, -0.05) is 13.8 Å². The third-order valence-electron chi connectivity index (χ3n) is 2.35. The lowest BCUT2D eigenvalue weighted by Gasteiger charge is -2.09. The molecule has 1 aromatic heterocycles. The van der Waals surface area contributed by atoms with Gasteiger partial charge in [0.25, 0.3) is 5.69 Å². The van der Waals surface area contributed by atoms with Crippen molar-refractivity contribution in [2.45, 2.75) is 33.2 Å². The van der Waals surface area contributed by atoms with E-state index in [0.717, 1.165) is 13.0 Å². The quantitative estimate of drug-likeness (QED) is 0.457. The van der Waals surface area contributed by atoms with E-state index in [0.29, 0.717) is 24.2 Å². The van der Waals surface area contributed by atoms with Crippen LogP contribution in [0.2, 0.25) is 0 Å². The maximum Gasteiger partial charge on any atom is 0.290 e. The van der Waals surface area contributed by atoms with Gasteiger partial charge in [0.05, 0.1) is 11.5 Å². The van der Waals surface area contributed by atoms with E-state index in [4.69, 9.17) is 4.74 Å². The Morgan fingerprint density at radius 2 is 2.22 bits per heavy atom. The second-order valence-electron chi connectivity index (χ2n) is 4.32. The molecule has 0 spiro atoms. The van der Waals surface area contributed by atoms with Gasteiger partial charge in [0.2, 0.25) is 5.88 Å². The standard InChI is InChI=1S/C12H19N3O3/c1-9(2)13-7-4-8-18-12-6-5-11(15(16)17)10(3)14-12/h5-6,9,13H,4,7-8H2,1-3H3. The number of ether oxygens (including phenoxy) is 1. The average Bonchev–Trinajstić information content (AvgIpc) is 2.27. The fraction of sp³-hybridized carbons (Fsp3) is 0.583. The molecule has 0 atom stereocenters. The maximum atomic E-state index is 10.6. The summed E-state index contributed by atoms with van der Waals surface area (Å²) in [6.45, 7) is 7.20. The Morgan fingerprint density at radius 1 is 1.50 bits per heavy atom. The molecule has 0 bridgehead atoms. The fourth-order valence-corrected chi connectivity index (χ4v) is 1.44. The molecule has 0 aliphatic carbocycles. The summed E-state index contributed by atoms with van der Waals surface area (Å²) in [7, 11) is 0. The summed E-state index contributed by atoms with van der Waals surface area (Å²) in [6.07, 6.45) is 0.871. The van der Waals surface area contributed by atoms with Crippen molar-refractivity contribution in [3.63, 3.8) is 0 Å². The molecule has 1 rings (SSSR count). The Morgan fingerprint density at radius 3 is 2.78 bits per heavy atom. The molecule has 1 aromatic rings. The lowest BCUT2D eigenvalue weighted by molar-refractivity contribution is -0.385. The molecule has 0 amide bonds. The Kier molecular flexibility index (Phi) is 5.51. The van der Waals surface area contributed by atoms with E-state index < -0.39 is 4.92 Å². The van der Waals surface area contributed by atoms with E-state index >= 15 is 0 Å². The molecule has 0 radical (unpaired) electrons. The summed E-state index contributed by atoms with van der Waals surface area (Å²) in [6, 6.07) is 3.41. The lowest BCUT2D eigenvalue weighted by Crippen LogP contribution is -2.24. The molecule has 0 aromatic carbocycles. The van der Waals surface area contributed by atoms with Gasteiger partial charge >= 0.3 is 0 Å². The van der Waals surface area contributed by atoms with Gasteiger partial charge in [-0.25, -0.2) is 4.98 Å². The van der Waals surface area contributed by atoms with Crippen LogP contribution in [0.25, 0.3) is 0 Å². The number of aryl methyl sites for hydroxylation is 1. The van der Waals surface area contributed by atoms with Gasteiger partial charge in [0.1, 0.15) is 5.69 Å². The molecular formula is C12H19N3O3. The number of nitro groups is 1. The van der Waals surface area contributed by atoms with Crippen molar-refractivity contribution in [2.75, 3.05) is 13.2 Å². The molecule has 0 aliphatic rings. The van der Waals surface area contributed by atoms with Gasteiger partial charge in [0.15, 0.2) is 0 Å². The van der Waals surface area contributed by atoms with Crippen molar-refractivity contribution in [2.24, 2.45) is 0 Å². The van der Waals surface area contributed by atoms with Crippen molar-refractivity contribution in [3.8, 4) is 5.88 Å². The van der Waals surface area contributed by atoms with Crippen molar-refractivity contribution >= 4 is 5.69 Å². The molecule has 1 heterocycles. The van der Waals surface area contributed by atoms with Crippen molar-refractivity contribution in [1.29, 1.82) is 0 Å². The predicted octanol–water partition coefficient (Wildman–Crippen LogP) is 2.07. The molecule has 0 fully saturated rings. The number of nitrogens with zero attached hydrogens (tertiary/aromatic N) is 2. The molecule has 0 saturated carbocycles. The van der Waals surface area contributed by atoms with Crippen molar-refractivity contribution in [1.82, 2.24) is 10.3 Å². The van der Waals surface area contributed by atoms with E-state index in [1.165, 1.54) is 12.1 Å². The Hall–Kier alpha value is -1.69. The van der Waals surface area contributed by atoms with E-state index in [2.05, 4.69) is 24.1 Å². The molecule has 1 N–H and O–H groups in total. The smallest absolute Gasteiger partial charge is 0.290 e. The van der Waals surface area contributed by atoms with E-state index in [-0.39, 0.29) is 5.69 Å². The minimum atomic E-state index is -0.446. The third-order valence-corrected chi connectivity index (χ3v) is 2.35. The monoisotopic (exact) mass is 253 g/mol. The second-order valence-corrected chi connectivity index (χ2v) is 4.32. The third kappa shape index (κ3) is 4.67. The topological polar surface area (TPSA) is 77.3 Å². The van der Waals surface area contributed by atoms with Crippen molar-refractivity contribution in [3.05, 3.63) is 27.9 Å². The Balaban J connectivity index is 2.39. The number of nitrogens with one attached hydrogen (secondary N) is 1. The van der Waals surface area contributed by atoms with Crippen LogP contribution >= 0.6 is 0 Å². The summed E-state index contributed by atoms with van der Waals surface area (Å²) in [5, 5.41) is 13.9. The zero-order valence-corrected chi connectivity index (χ0v) is 11.0. The van der Waals surface area contributed by atoms with Crippen LogP contribution in [0.5, 0.6) is 5.88 Å². The first-order chi connectivity index (χ1) is 8.50. The summed E-state index contributed by atoms with van der Waals surface area (Å²) in [5.74, 6) is 0.433. The first-order valence-electron chi connectivity index (χ1n) is 5.99. The zero-order valence-electron chi connectivity index (χ0n) is 11.0. The zero-order chi connectivity index (χ0) is 13.5. The van der Waals surface area contributed by atoms with Gasteiger partial charge in [-0.05, 0) is 19.9 Å². The summed E-state index contributed by atoms with van der Waals surface area (Å²) < 4.78 is 5.43. The maximum absolute atomic E-state index is 10.6. The summed E-state index contributed by atoms with van der Waals surface area (Å²) in [4.78, 5) is 14.2. The highest BCUT2D eigenvalue weighted by atomic mass is 16.6. The van der Waals surface area contributed by atoms with Gasteiger partial charge in [-0.3, -0.25) is 10.1 Å². The van der Waals surface area contributed by atoms with Crippen LogP contribution in [0.4, 0.5) is 5.69 Å². The summed E-state index contributed by atoms with van der Waals surface area (Å²) >= 11 is 0. The molecule has 0 aliphatic heterocycles. The minimum absolute atomic E-state index is 0.0174. The Labute approximate surface area is 107 Å². The number of aromatic nitrogens is 1. The highest BCUT2D eigenvalue weighted by molar-refractivity contribution is 5.36. The predicted molar refractivity (Wildman–Crippen MR) is 68.9 cm³/mol. The number of hydrogen-bond acceptors (Lipinski definition) is 5. The Bertz CT molecular complexity index is 408. The fourth-order valence-electron chi connectivity index (χ4n) is 1.44. The van der Waals surface area contributed by atoms with Crippen LogP contribution in [-0.2, 0) is 0 Å². The average molecular weight is 253 g/mol. The normalized spacial score (nSPS) is 10.7. The highest BCUT2D eigenvalue weighted by Crippen LogP contribution is 2.18. The van der Waals surface area contributed by atoms with Gasteiger partial charge < -0.3 is 10.1 Å². The van der Waals surface area contributed by atoms with Crippen LogP contribution in [0.1, 0.15) is 26.0 Å². The van der Waals surface area contributed by atoms with E-state index in [1.54, 1.807) is 6.92 Å². The summed E-state index contributed by atoms with van der Waals surface area (Å²) in [5.41, 5.74) is 0.390. The van der Waals surface area contributed by atoms with Crippen LogP contribution in [0.15, 0.2) is 12.1 Å². The van der Waals surface area contributed by atoms with Crippen molar-refractivity contribution < 1.29 is 9.66 Å². The lowest BCUT2D eigenvalue weighted by atomic mass is 10.3. The van der Waals surface area contributed by atoms with Gasteiger partial charge in [-0.15, -0.1) is 0 Å². The van der Waals surface area contributed by atoms with Crippen LogP contribution in [0, 0.1) is 17.0 Å². The molecule has 0 unspecified atom stereocenters. The second kappa shape index (κ2) is 6.90. The minimum Gasteiger partial charge on any atom is -0.478 e. The molecule has 6 heteroatoms. The first kappa shape index (κ1) is 14.4. The molecule has 18 heavy (non-hydrogen) atoms. The van der Waals surface area contributed by atoms with Gasteiger partial charge in [-0.2, -0.15) is 0 Å². The number of rotatable bonds is 7. The molecule has 100 valence electrons. The van der Waals surface area contributed by atoms with Crippen LogP contribution in [-0.4, -0.2) is 29.1 Å². The first-order valence-corrected chi connectivity index (χ1v) is 5.99. The number of hydrogen-bond donors (Lipinski definition) is 1. The molecule has 0 saturated heterocycles. The SMILES string of the molecule is Cc1nc(OCCCNC(C)C)ccc1[N+](=O)[O-]. The number of pyridine rings is 1. The van der Waals surface area contributed by atoms with E-state index in [9.17, 15) is 10.1 Å². The van der Waals surface area contributed by atoms with Crippen LogP contribution < -0.4 is 10.1 Å². The largest absolute Gasteiger partial charge is 0.478 e. The van der Waals surface area contributed by atoms with E-state index in [1.807, 2.05) is 0 Å². The van der Waals surface area contributed by atoms with Crippen LogP contribution in [0.3, 0.4) is 0 Å². The highest BCUT2D eigenvalue weighted by Gasteiger charge is 2.11. The van der Waals surface area contributed by atoms with Gasteiger partial charge in [0, 0.05) is 18.2 Å². The molecule has 6 nitrogen and oxygen atoms in total.